The summed E-state index contributed by atoms with van der Waals surface area (Å²) in [6.07, 6.45) is 1.34. The van der Waals surface area contributed by atoms with E-state index in [2.05, 4.69) is 20.6 Å². The fourth-order valence-electron chi connectivity index (χ4n) is 5.30. The number of imidazole rings is 1. The van der Waals surface area contributed by atoms with Gasteiger partial charge in [-0.15, -0.1) is 0 Å². The van der Waals surface area contributed by atoms with Gasteiger partial charge in [-0.3, -0.25) is 19.4 Å². The third kappa shape index (κ3) is 8.49. The normalized spacial score (nSPS) is 17.9. The summed E-state index contributed by atoms with van der Waals surface area (Å²) in [5, 5.41) is 37.8. The number of nitrogens with one attached hydrogen (secondary N) is 3. The zero-order valence-corrected chi connectivity index (χ0v) is 24.3. The molecule has 42 heavy (non-hydrogen) atoms. The summed E-state index contributed by atoms with van der Waals surface area (Å²) in [4.78, 5) is 34.6. The maximum absolute atomic E-state index is 11.6. The minimum Gasteiger partial charge on any atom is -0.481 e. The zero-order valence-electron chi connectivity index (χ0n) is 24.3. The van der Waals surface area contributed by atoms with Crippen molar-refractivity contribution in [2.45, 2.75) is 63.7 Å². The Kier molecular flexibility index (Phi) is 11.3. The molecule has 12 heteroatoms. The minimum atomic E-state index is -0.996. The van der Waals surface area contributed by atoms with Gasteiger partial charge in [0.25, 0.3) is 0 Å². The van der Waals surface area contributed by atoms with Gasteiger partial charge in [0.2, 0.25) is 5.91 Å². The summed E-state index contributed by atoms with van der Waals surface area (Å²) in [5.74, 6) is -0.381. The molecule has 0 bridgehead atoms. The van der Waals surface area contributed by atoms with Crippen molar-refractivity contribution in [3.8, 4) is 0 Å². The Morgan fingerprint density at radius 2 is 1.98 bits per heavy atom. The lowest BCUT2D eigenvalue weighted by molar-refractivity contribution is -0.138. The number of carbonyl (C=O) groups excluding carboxylic acids is 1. The van der Waals surface area contributed by atoms with Gasteiger partial charge in [-0.25, -0.2) is 4.98 Å². The molecule has 0 radical (unpaired) electrons. The van der Waals surface area contributed by atoms with Crippen LogP contribution in [0.3, 0.4) is 0 Å². The fourth-order valence-corrected chi connectivity index (χ4v) is 5.30. The highest BCUT2D eigenvalue weighted by Crippen LogP contribution is 2.30. The summed E-state index contributed by atoms with van der Waals surface area (Å²) >= 11 is 0. The number of hydrogen-bond donors (Lipinski definition) is 6. The molecule has 0 aliphatic carbocycles. The first-order chi connectivity index (χ1) is 20.2. The summed E-state index contributed by atoms with van der Waals surface area (Å²) in [5.41, 5.74) is 4.11. The number of aliphatic carboxylic acids is 1. The van der Waals surface area contributed by atoms with Crippen molar-refractivity contribution in [1.29, 1.82) is 0 Å². The van der Waals surface area contributed by atoms with Crippen LogP contribution in [0.25, 0.3) is 11.0 Å². The van der Waals surface area contributed by atoms with E-state index in [1.165, 1.54) is 7.11 Å². The van der Waals surface area contributed by atoms with Crippen molar-refractivity contribution in [2.75, 3.05) is 39.2 Å². The van der Waals surface area contributed by atoms with Crippen molar-refractivity contribution in [2.24, 2.45) is 0 Å². The lowest BCUT2D eigenvalue weighted by Gasteiger charge is -2.30. The first kappa shape index (κ1) is 31.4. The Bertz CT molecular complexity index is 1300. The number of carboxylic acids is 1. The van der Waals surface area contributed by atoms with Crippen molar-refractivity contribution in [1.82, 2.24) is 25.1 Å². The van der Waals surface area contributed by atoms with Gasteiger partial charge in [0.1, 0.15) is 24.9 Å². The molecule has 228 valence electrons. The van der Waals surface area contributed by atoms with Crippen LogP contribution in [0.2, 0.25) is 0 Å². The number of methoxy groups -OCH3 is 1. The SMILES string of the molecule is COCC(=O)NCCCCCCN1Cc2cc([C@H](O)N(C)Cc3nc4ccccc4[nH]3)ccc2N[C@@H](CC(=O)O)[C@@H]1O. The average molecular weight is 583 g/mol. The molecule has 0 fully saturated rings. The lowest BCUT2D eigenvalue weighted by Crippen LogP contribution is -2.46. The van der Waals surface area contributed by atoms with E-state index in [0.29, 0.717) is 31.7 Å². The molecule has 0 saturated heterocycles. The maximum atomic E-state index is 11.6. The maximum Gasteiger partial charge on any atom is 0.305 e. The Labute approximate surface area is 245 Å². The lowest BCUT2D eigenvalue weighted by atomic mass is 10.1. The van der Waals surface area contributed by atoms with Gasteiger partial charge in [-0.1, -0.05) is 31.0 Å². The summed E-state index contributed by atoms with van der Waals surface area (Å²) < 4.78 is 4.81. The highest BCUT2D eigenvalue weighted by molar-refractivity contribution is 5.77. The first-order valence-electron chi connectivity index (χ1n) is 14.4. The second kappa shape index (κ2) is 15.1. The largest absolute Gasteiger partial charge is 0.481 e. The molecule has 1 amide bonds. The van der Waals surface area contributed by atoms with E-state index < -0.39 is 24.5 Å². The van der Waals surface area contributed by atoms with Gasteiger partial charge in [-0.2, -0.15) is 0 Å². The predicted molar refractivity (Wildman–Crippen MR) is 158 cm³/mol. The minimum absolute atomic E-state index is 0.0518. The van der Waals surface area contributed by atoms with E-state index in [1.807, 2.05) is 54.4 Å². The number of benzene rings is 2. The number of H-pyrrole nitrogens is 1. The van der Waals surface area contributed by atoms with Gasteiger partial charge < -0.3 is 35.7 Å². The van der Waals surface area contributed by atoms with Gasteiger partial charge in [-0.05, 0) is 55.3 Å². The molecule has 2 heterocycles. The number of carbonyl (C=O) groups is 2. The van der Waals surface area contributed by atoms with Gasteiger partial charge in [0, 0.05) is 32.4 Å². The van der Waals surface area contributed by atoms with Crippen molar-refractivity contribution in [3.05, 3.63) is 59.4 Å². The number of aromatic amines is 1. The Hall–Kier alpha value is -3.55. The van der Waals surface area contributed by atoms with E-state index >= 15 is 0 Å². The summed E-state index contributed by atoms with van der Waals surface area (Å²) in [7, 11) is 3.31. The number of aliphatic hydroxyl groups excluding tert-OH is 2. The molecule has 6 N–H and O–H groups in total. The van der Waals surface area contributed by atoms with Crippen LogP contribution in [-0.4, -0.2) is 93.1 Å². The van der Waals surface area contributed by atoms with Crippen LogP contribution in [0.5, 0.6) is 0 Å². The Morgan fingerprint density at radius 3 is 2.74 bits per heavy atom. The summed E-state index contributed by atoms with van der Waals surface area (Å²) in [6.45, 7) is 2.03. The zero-order chi connectivity index (χ0) is 30.1. The number of aromatic nitrogens is 2. The van der Waals surface area contributed by atoms with E-state index in [4.69, 9.17) is 4.74 Å². The van der Waals surface area contributed by atoms with Crippen LogP contribution in [0.1, 0.15) is 55.3 Å². The second-order valence-electron chi connectivity index (χ2n) is 10.8. The van der Waals surface area contributed by atoms with Crippen LogP contribution in [0.4, 0.5) is 5.69 Å². The number of amides is 1. The number of carboxylic acid groups (broad SMARTS) is 1. The van der Waals surface area contributed by atoms with Crippen LogP contribution in [0, 0.1) is 0 Å². The van der Waals surface area contributed by atoms with Gasteiger partial charge in [0.05, 0.1) is 30.0 Å². The highest BCUT2D eigenvalue weighted by Gasteiger charge is 2.32. The number of unbranched alkanes of at least 4 members (excludes halogenated alkanes) is 3. The molecular weight excluding hydrogens is 540 g/mol. The standard InChI is InChI=1S/C30H42N6O6/c1-35(18-26-33-23-9-5-6-10-24(23)34-26)29(40)20-11-12-22-21(15-20)17-36(30(41)25(32-22)16-28(38)39)14-8-4-3-7-13-31-27(37)19-42-2/h5-6,9-12,15,25,29-30,32,40-41H,3-4,7-8,13-14,16-19H2,1-2H3,(H,31,37)(H,33,34)(H,38,39)/t25-,29-,30-/m0/s1. The smallest absolute Gasteiger partial charge is 0.305 e. The van der Waals surface area contributed by atoms with E-state index in [0.717, 1.165) is 53.8 Å². The molecule has 0 saturated carbocycles. The molecule has 0 unspecified atom stereocenters. The monoisotopic (exact) mass is 582 g/mol. The molecule has 1 aliphatic rings. The topological polar surface area (TPSA) is 163 Å². The van der Waals surface area contributed by atoms with Crippen molar-refractivity contribution < 1.29 is 29.6 Å². The fraction of sp³-hybridized carbons (Fsp3) is 0.500. The number of para-hydroxylation sites is 2. The number of hydrogen-bond acceptors (Lipinski definition) is 9. The molecule has 3 aromatic rings. The average Bonchev–Trinajstić information content (AvgIpc) is 3.32. The quantitative estimate of drug-likeness (QED) is 0.116. The number of rotatable bonds is 15. The summed E-state index contributed by atoms with van der Waals surface area (Å²) in [6, 6.07) is 12.7. The highest BCUT2D eigenvalue weighted by atomic mass is 16.5. The van der Waals surface area contributed by atoms with Gasteiger partial charge in [0.15, 0.2) is 0 Å². The van der Waals surface area contributed by atoms with Crippen LogP contribution in [0.15, 0.2) is 42.5 Å². The molecule has 2 aromatic carbocycles. The first-order valence-corrected chi connectivity index (χ1v) is 14.4. The number of anilines is 1. The molecule has 1 aliphatic heterocycles. The predicted octanol–water partition coefficient (Wildman–Crippen LogP) is 2.40. The van der Waals surface area contributed by atoms with Crippen molar-refractivity contribution in [3.63, 3.8) is 0 Å². The van der Waals surface area contributed by atoms with Gasteiger partial charge >= 0.3 is 5.97 Å². The van der Waals surface area contributed by atoms with Crippen molar-refractivity contribution >= 4 is 28.6 Å². The Morgan fingerprint density at radius 1 is 1.19 bits per heavy atom. The number of aliphatic hydroxyl groups is 2. The molecular formula is C30H42N6O6. The van der Waals surface area contributed by atoms with Crippen LogP contribution in [-0.2, 0) is 27.4 Å². The number of ether oxygens (including phenoxy) is 1. The Balaban J connectivity index is 1.39. The van der Waals surface area contributed by atoms with E-state index in [-0.39, 0.29) is 18.9 Å². The molecule has 12 nitrogen and oxygen atoms in total. The molecule has 3 atom stereocenters. The molecule has 1 aromatic heterocycles. The van der Waals surface area contributed by atoms with Crippen LogP contribution < -0.4 is 10.6 Å². The third-order valence-electron chi connectivity index (χ3n) is 7.50. The number of nitrogens with zero attached hydrogens (tertiary/aromatic N) is 3. The second-order valence-corrected chi connectivity index (χ2v) is 10.8. The number of fused-ring (bicyclic) bond motifs is 2. The third-order valence-corrected chi connectivity index (χ3v) is 7.50. The molecule has 4 rings (SSSR count). The van der Waals surface area contributed by atoms with E-state index in [1.54, 1.807) is 4.90 Å². The molecule has 0 spiro atoms. The van der Waals surface area contributed by atoms with E-state index in [9.17, 15) is 24.9 Å². The van der Waals surface area contributed by atoms with Crippen LogP contribution >= 0.6 is 0 Å².